The van der Waals surface area contributed by atoms with Crippen LogP contribution in [0.1, 0.15) is 41.3 Å². The second-order valence-electron chi connectivity index (χ2n) is 8.30. The Kier molecular flexibility index (Phi) is 8.65. The van der Waals surface area contributed by atoms with Crippen LogP contribution in [0.15, 0.2) is 47.4 Å². The third-order valence-electron chi connectivity index (χ3n) is 5.96. The highest BCUT2D eigenvalue weighted by Crippen LogP contribution is 2.24. The van der Waals surface area contributed by atoms with Crippen LogP contribution in [0, 0.1) is 19.8 Å². The number of hydrogen-bond acceptors (Lipinski definition) is 4. The Morgan fingerprint density at radius 1 is 1.06 bits per heavy atom. The van der Waals surface area contributed by atoms with E-state index in [4.69, 9.17) is 0 Å². The van der Waals surface area contributed by atoms with Gasteiger partial charge in [-0.1, -0.05) is 18.2 Å². The first-order valence-electron chi connectivity index (χ1n) is 10.4. The molecule has 1 aliphatic heterocycles. The predicted molar refractivity (Wildman–Crippen MR) is 128 cm³/mol. The van der Waals surface area contributed by atoms with Gasteiger partial charge in [0.2, 0.25) is 10.0 Å². The minimum Gasteiger partial charge on any atom is -0.322 e. The largest absolute Gasteiger partial charge is 0.322 e. The minimum atomic E-state index is -3.63. The number of anilines is 1. The van der Waals surface area contributed by atoms with E-state index in [-0.39, 0.29) is 29.3 Å². The van der Waals surface area contributed by atoms with Gasteiger partial charge in [0.15, 0.2) is 0 Å². The molecule has 8 heteroatoms. The number of carbonyl (C=O) groups is 1. The Morgan fingerprint density at radius 3 is 2.32 bits per heavy atom. The maximum absolute atomic E-state index is 12.9. The van der Waals surface area contributed by atoms with E-state index in [1.165, 1.54) is 0 Å². The van der Waals surface area contributed by atoms with E-state index in [1.54, 1.807) is 31.2 Å². The lowest BCUT2D eigenvalue weighted by Crippen LogP contribution is -2.42. The van der Waals surface area contributed by atoms with Crippen molar-refractivity contribution < 1.29 is 13.2 Å². The lowest BCUT2D eigenvalue weighted by molar-refractivity contribution is 0.102. The molecule has 2 N–H and O–H groups in total. The van der Waals surface area contributed by atoms with Gasteiger partial charge in [-0.2, -0.15) is 0 Å². The van der Waals surface area contributed by atoms with Gasteiger partial charge in [-0.25, -0.2) is 13.1 Å². The summed E-state index contributed by atoms with van der Waals surface area (Å²) >= 11 is 0. The summed E-state index contributed by atoms with van der Waals surface area (Å²) in [5.74, 6) is 0.130. The molecule has 2 aromatic rings. The number of amides is 1. The van der Waals surface area contributed by atoms with Gasteiger partial charge < -0.3 is 10.2 Å². The second kappa shape index (κ2) is 10.6. The highest BCUT2D eigenvalue weighted by molar-refractivity contribution is 7.89. The standard InChI is InChI=1S/C23H31N3O3S.ClH/c1-16-7-5-6-8-21(16)23(27)24-22-10-9-20(15-17(22)2)30(28,29)25-18(3)19-11-13-26(4)14-12-19;/h5-10,15,18-19,25H,11-14H2,1-4H3,(H,24,27);1H/t18-;/m0./s1. The van der Waals surface area contributed by atoms with Gasteiger partial charge in [0.25, 0.3) is 5.91 Å². The van der Waals surface area contributed by atoms with Gasteiger partial charge in [0, 0.05) is 17.3 Å². The quantitative estimate of drug-likeness (QED) is 0.676. The summed E-state index contributed by atoms with van der Waals surface area (Å²) in [6.45, 7) is 7.61. The number of nitrogens with one attached hydrogen (secondary N) is 2. The third-order valence-corrected chi connectivity index (χ3v) is 7.51. The van der Waals surface area contributed by atoms with Crippen LogP contribution in [-0.2, 0) is 10.0 Å². The van der Waals surface area contributed by atoms with Crippen LogP contribution in [0.3, 0.4) is 0 Å². The number of halogens is 1. The zero-order valence-corrected chi connectivity index (χ0v) is 20.1. The Bertz CT molecular complexity index is 1020. The molecule has 1 saturated heterocycles. The Labute approximate surface area is 191 Å². The fourth-order valence-corrected chi connectivity index (χ4v) is 5.30. The van der Waals surface area contributed by atoms with E-state index < -0.39 is 10.0 Å². The molecular weight excluding hydrogens is 434 g/mol. The van der Waals surface area contributed by atoms with Crippen molar-refractivity contribution in [1.29, 1.82) is 0 Å². The van der Waals surface area contributed by atoms with Crippen LogP contribution in [0.4, 0.5) is 5.69 Å². The van der Waals surface area contributed by atoms with E-state index >= 15 is 0 Å². The van der Waals surface area contributed by atoms with Crippen molar-refractivity contribution in [3.05, 3.63) is 59.2 Å². The number of likely N-dealkylation sites (tertiary alicyclic amines) is 1. The number of carbonyl (C=O) groups excluding carboxylic acids is 1. The number of piperidine rings is 1. The zero-order chi connectivity index (χ0) is 21.9. The van der Waals surface area contributed by atoms with Gasteiger partial charge in [-0.3, -0.25) is 4.79 Å². The summed E-state index contributed by atoms with van der Waals surface area (Å²) < 4.78 is 28.6. The number of benzene rings is 2. The number of hydrogen-bond donors (Lipinski definition) is 2. The van der Waals surface area contributed by atoms with E-state index in [1.807, 2.05) is 32.0 Å². The molecule has 1 aliphatic rings. The van der Waals surface area contributed by atoms with Crippen LogP contribution in [0.5, 0.6) is 0 Å². The van der Waals surface area contributed by atoms with Crippen LogP contribution in [0.2, 0.25) is 0 Å². The van der Waals surface area contributed by atoms with Crippen molar-refractivity contribution >= 4 is 34.0 Å². The van der Waals surface area contributed by atoms with Crippen molar-refractivity contribution in [2.75, 3.05) is 25.5 Å². The molecule has 1 fully saturated rings. The average molecular weight is 466 g/mol. The van der Waals surface area contributed by atoms with E-state index in [0.717, 1.165) is 31.5 Å². The highest BCUT2D eigenvalue weighted by atomic mass is 35.5. The molecule has 1 amide bonds. The molecule has 6 nitrogen and oxygen atoms in total. The molecule has 0 bridgehead atoms. The van der Waals surface area contributed by atoms with Gasteiger partial charge >= 0.3 is 0 Å². The first-order chi connectivity index (χ1) is 14.2. The third kappa shape index (κ3) is 6.29. The van der Waals surface area contributed by atoms with Crippen LogP contribution in [0.25, 0.3) is 0 Å². The Hall–Kier alpha value is -1.93. The summed E-state index contributed by atoms with van der Waals surface area (Å²) in [7, 11) is -1.53. The first kappa shape index (κ1) is 25.3. The molecule has 0 aliphatic carbocycles. The molecule has 0 unspecified atom stereocenters. The smallest absolute Gasteiger partial charge is 0.255 e. The molecule has 1 heterocycles. The molecule has 31 heavy (non-hydrogen) atoms. The van der Waals surface area contributed by atoms with Gasteiger partial charge in [0.05, 0.1) is 4.90 Å². The molecule has 3 rings (SSSR count). The molecule has 170 valence electrons. The monoisotopic (exact) mass is 465 g/mol. The second-order valence-corrected chi connectivity index (χ2v) is 10.0. The molecule has 2 aromatic carbocycles. The Morgan fingerprint density at radius 2 is 1.71 bits per heavy atom. The average Bonchev–Trinajstić information content (AvgIpc) is 2.69. The fourth-order valence-electron chi connectivity index (χ4n) is 3.90. The number of sulfonamides is 1. The van der Waals surface area contributed by atoms with Crippen molar-refractivity contribution in [2.24, 2.45) is 5.92 Å². The van der Waals surface area contributed by atoms with E-state index in [9.17, 15) is 13.2 Å². The van der Waals surface area contributed by atoms with Gasteiger partial charge in [0.1, 0.15) is 0 Å². The van der Waals surface area contributed by atoms with Crippen LogP contribution in [-0.4, -0.2) is 45.4 Å². The SMILES string of the molecule is Cc1cc(S(=O)(=O)N[C@@H](C)C2CCN(C)CC2)ccc1NC(=O)c1ccccc1C.Cl. The number of nitrogens with zero attached hydrogens (tertiary/aromatic N) is 1. The summed E-state index contributed by atoms with van der Waals surface area (Å²) in [5.41, 5.74) is 2.79. The molecule has 0 spiro atoms. The van der Waals surface area contributed by atoms with Gasteiger partial charge in [-0.15, -0.1) is 12.4 Å². The molecule has 1 atom stereocenters. The lowest BCUT2D eigenvalue weighted by Gasteiger charge is -2.32. The summed E-state index contributed by atoms with van der Waals surface area (Å²) in [4.78, 5) is 15.1. The maximum atomic E-state index is 12.9. The normalized spacial score (nSPS) is 16.4. The molecular formula is C23H32ClN3O3S. The van der Waals surface area contributed by atoms with Crippen molar-refractivity contribution in [3.8, 4) is 0 Å². The molecule has 0 aromatic heterocycles. The number of rotatable bonds is 6. The lowest BCUT2D eigenvalue weighted by atomic mass is 9.91. The summed E-state index contributed by atoms with van der Waals surface area (Å²) in [6, 6.07) is 12.0. The van der Waals surface area contributed by atoms with Gasteiger partial charge in [-0.05, 0) is 95.1 Å². The summed E-state index contributed by atoms with van der Waals surface area (Å²) in [5, 5.41) is 2.88. The van der Waals surface area contributed by atoms with Crippen molar-refractivity contribution in [2.45, 2.75) is 44.6 Å². The van der Waals surface area contributed by atoms with E-state index in [0.29, 0.717) is 22.7 Å². The van der Waals surface area contributed by atoms with E-state index in [2.05, 4.69) is 22.0 Å². The summed E-state index contributed by atoms with van der Waals surface area (Å²) in [6.07, 6.45) is 1.98. The predicted octanol–water partition coefficient (Wildman–Crippen LogP) is 3.99. The first-order valence-corrected chi connectivity index (χ1v) is 11.8. The minimum absolute atomic E-state index is 0. The zero-order valence-electron chi connectivity index (χ0n) is 18.5. The van der Waals surface area contributed by atoms with Crippen LogP contribution >= 0.6 is 12.4 Å². The fraction of sp³-hybridized carbons (Fsp3) is 0.435. The molecule has 0 radical (unpaired) electrons. The Balaban J connectivity index is 0.00000341. The van der Waals surface area contributed by atoms with Crippen molar-refractivity contribution in [3.63, 3.8) is 0 Å². The molecule has 0 saturated carbocycles. The van der Waals surface area contributed by atoms with Crippen molar-refractivity contribution in [1.82, 2.24) is 9.62 Å². The van der Waals surface area contributed by atoms with Crippen LogP contribution < -0.4 is 10.0 Å². The highest BCUT2D eigenvalue weighted by Gasteiger charge is 2.26. The maximum Gasteiger partial charge on any atom is 0.255 e. The topological polar surface area (TPSA) is 78.5 Å². The number of aryl methyl sites for hydroxylation is 2.